The molecule has 1 N–H and O–H groups in total. The van der Waals surface area contributed by atoms with E-state index in [1.807, 2.05) is 22.9 Å². The number of benzene rings is 2. The smallest absolute Gasteiger partial charge is 0.328 e. The van der Waals surface area contributed by atoms with Gasteiger partial charge in [0.2, 0.25) is 0 Å². The summed E-state index contributed by atoms with van der Waals surface area (Å²) in [6.07, 6.45) is 7.68. The molecule has 1 atom stereocenters. The van der Waals surface area contributed by atoms with E-state index >= 15 is 0 Å². The van der Waals surface area contributed by atoms with Gasteiger partial charge in [-0.3, -0.25) is 4.79 Å². The van der Waals surface area contributed by atoms with E-state index in [4.69, 9.17) is 4.74 Å². The van der Waals surface area contributed by atoms with Gasteiger partial charge < -0.3 is 14.6 Å². The summed E-state index contributed by atoms with van der Waals surface area (Å²) in [5.41, 5.74) is 3.07. The average molecular weight is 405 g/mol. The summed E-state index contributed by atoms with van der Waals surface area (Å²) in [7, 11) is 0. The molecule has 0 aliphatic carbocycles. The molecule has 0 radical (unpaired) electrons. The molecule has 1 fully saturated rings. The summed E-state index contributed by atoms with van der Waals surface area (Å²) in [5, 5.41) is 2.71. The highest BCUT2D eigenvalue weighted by Crippen LogP contribution is 2.22. The maximum Gasteiger partial charge on any atom is 0.328 e. The van der Waals surface area contributed by atoms with Crippen LogP contribution >= 0.6 is 0 Å². The van der Waals surface area contributed by atoms with Gasteiger partial charge in [0, 0.05) is 30.9 Å². The van der Waals surface area contributed by atoms with E-state index in [9.17, 15) is 14.0 Å². The number of ether oxygens (including phenoxy) is 1. The molecule has 1 saturated heterocycles. The first-order chi connectivity index (χ1) is 14.6. The van der Waals surface area contributed by atoms with Crippen molar-refractivity contribution < 1.29 is 18.7 Å². The molecule has 1 aliphatic rings. The Labute approximate surface area is 173 Å². The first-order valence-electron chi connectivity index (χ1n) is 9.58. The van der Waals surface area contributed by atoms with Crippen molar-refractivity contribution in [1.29, 1.82) is 0 Å². The third-order valence-corrected chi connectivity index (χ3v) is 4.86. The SMILES string of the molecule is O=C(N[C@H]1CCOC1=O)c1cccc(C=C(Cn2ccnc2)c2ccc(F)cc2)c1. The van der Waals surface area contributed by atoms with Gasteiger partial charge in [-0.2, -0.15) is 0 Å². The van der Waals surface area contributed by atoms with Gasteiger partial charge in [-0.1, -0.05) is 24.3 Å². The summed E-state index contributed by atoms with van der Waals surface area (Å²) in [4.78, 5) is 28.2. The topological polar surface area (TPSA) is 73.2 Å². The fourth-order valence-electron chi connectivity index (χ4n) is 3.30. The monoisotopic (exact) mass is 405 g/mol. The quantitative estimate of drug-likeness (QED) is 0.505. The maximum atomic E-state index is 13.4. The molecule has 7 heteroatoms. The zero-order chi connectivity index (χ0) is 20.9. The Morgan fingerprint density at radius 1 is 1.23 bits per heavy atom. The first-order valence-corrected chi connectivity index (χ1v) is 9.58. The standard InChI is InChI=1S/C23H20FN3O3/c24-20-6-4-17(5-7-20)19(14-27-10-9-25-15-27)13-16-2-1-3-18(12-16)22(28)26-21-8-11-30-23(21)29/h1-7,9-10,12-13,15,21H,8,11,14H2,(H,26,28)/t21-/m0/s1. The zero-order valence-electron chi connectivity index (χ0n) is 16.1. The lowest BCUT2D eigenvalue weighted by Crippen LogP contribution is -2.37. The van der Waals surface area contributed by atoms with E-state index < -0.39 is 12.0 Å². The number of cyclic esters (lactones) is 1. The van der Waals surface area contributed by atoms with Crippen LogP contribution < -0.4 is 5.32 Å². The molecular formula is C23H20FN3O3. The van der Waals surface area contributed by atoms with Crippen molar-refractivity contribution in [1.82, 2.24) is 14.9 Å². The molecule has 0 bridgehead atoms. The van der Waals surface area contributed by atoms with Crippen molar-refractivity contribution >= 4 is 23.5 Å². The lowest BCUT2D eigenvalue weighted by Gasteiger charge is -2.11. The number of carbonyl (C=O) groups excluding carboxylic acids is 2. The molecule has 152 valence electrons. The van der Waals surface area contributed by atoms with Crippen molar-refractivity contribution in [2.24, 2.45) is 0 Å². The minimum absolute atomic E-state index is 0.301. The second-order valence-electron chi connectivity index (χ2n) is 7.02. The van der Waals surface area contributed by atoms with Crippen LogP contribution in [0, 0.1) is 5.82 Å². The number of esters is 1. The number of imidazole rings is 1. The van der Waals surface area contributed by atoms with Crippen LogP contribution in [0.3, 0.4) is 0 Å². The van der Waals surface area contributed by atoms with Crippen LogP contribution in [-0.2, 0) is 16.1 Å². The van der Waals surface area contributed by atoms with Crippen LogP contribution in [0.5, 0.6) is 0 Å². The summed E-state index contributed by atoms with van der Waals surface area (Å²) in [5.74, 6) is -1.03. The second kappa shape index (κ2) is 8.73. The third-order valence-electron chi connectivity index (χ3n) is 4.86. The number of nitrogens with zero attached hydrogens (tertiary/aromatic N) is 2. The van der Waals surface area contributed by atoms with Crippen LogP contribution in [0.25, 0.3) is 11.6 Å². The van der Waals surface area contributed by atoms with E-state index in [0.29, 0.717) is 25.1 Å². The number of amides is 1. The fourth-order valence-corrected chi connectivity index (χ4v) is 3.30. The van der Waals surface area contributed by atoms with E-state index in [2.05, 4.69) is 10.3 Å². The number of allylic oxidation sites excluding steroid dienone is 1. The lowest BCUT2D eigenvalue weighted by atomic mass is 10.0. The van der Waals surface area contributed by atoms with Gasteiger partial charge in [0.25, 0.3) is 5.91 Å². The zero-order valence-corrected chi connectivity index (χ0v) is 16.1. The van der Waals surface area contributed by atoms with E-state index in [1.54, 1.807) is 42.9 Å². The number of halogens is 1. The molecule has 0 spiro atoms. The molecule has 30 heavy (non-hydrogen) atoms. The summed E-state index contributed by atoms with van der Waals surface area (Å²) >= 11 is 0. The Balaban J connectivity index is 1.61. The number of hydrogen-bond acceptors (Lipinski definition) is 4. The van der Waals surface area contributed by atoms with Crippen molar-refractivity contribution in [2.75, 3.05) is 6.61 Å². The second-order valence-corrected chi connectivity index (χ2v) is 7.02. The van der Waals surface area contributed by atoms with Crippen molar-refractivity contribution in [3.8, 4) is 0 Å². The van der Waals surface area contributed by atoms with Crippen molar-refractivity contribution in [3.63, 3.8) is 0 Å². The first kappa shape index (κ1) is 19.6. The molecule has 0 saturated carbocycles. The highest BCUT2D eigenvalue weighted by molar-refractivity contribution is 5.97. The summed E-state index contributed by atoms with van der Waals surface area (Å²) < 4.78 is 20.2. The Hall–Kier alpha value is -3.74. The number of carbonyl (C=O) groups is 2. The Kier molecular flexibility index (Phi) is 5.70. The van der Waals surface area contributed by atoms with Gasteiger partial charge in [-0.15, -0.1) is 0 Å². The van der Waals surface area contributed by atoms with Crippen LogP contribution in [0.15, 0.2) is 67.3 Å². The van der Waals surface area contributed by atoms with Gasteiger partial charge in [0.05, 0.1) is 12.9 Å². The number of hydrogen-bond donors (Lipinski definition) is 1. The minimum atomic E-state index is -0.604. The Bertz CT molecular complexity index is 1080. The summed E-state index contributed by atoms with van der Waals surface area (Å²) in [6.45, 7) is 0.859. The van der Waals surface area contributed by atoms with Crippen LogP contribution in [0.1, 0.15) is 27.9 Å². The fraction of sp³-hybridized carbons (Fsp3) is 0.174. The molecule has 2 heterocycles. The molecule has 1 aliphatic heterocycles. The molecule has 0 unspecified atom stereocenters. The minimum Gasteiger partial charge on any atom is -0.464 e. The molecule has 1 aromatic heterocycles. The highest BCUT2D eigenvalue weighted by atomic mass is 19.1. The average Bonchev–Trinajstić information content (AvgIpc) is 3.40. The lowest BCUT2D eigenvalue weighted by molar-refractivity contribution is -0.139. The van der Waals surface area contributed by atoms with Crippen LogP contribution in [0.4, 0.5) is 4.39 Å². The van der Waals surface area contributed by atoms with Crippen LogP contribution in [-0.4, -0.2) is 34.1 Å². The van der Waals surface area contributed by atoms with Gasteiger partial charge in [0.15, 0.2) is 0 Å². The van der Waals surface area contributed by atoms with Gasteiger partial charge in [0.1, 0.15) is 11.9 Å². The van der Waals surface area contributed by atoms with Crippen molar-refractivity contribution in [2.45, 2.75) is 19.0 Å². The molecule has 2 aromatic carbocycles. The van der Waals surface area contributed by atoms with E-state index in [0.717, 1.165) is 16.7 Å². The van der Waals surface area contributed by atoms with Crippen LogP contribution in [0.2, 0.25) is 0 Å². The van der Waals surface area contributed by atoms with Gasteiger partial charge in [-0.05, 0) is 47.0 Å². The number of rotatable bonds is 6. The molecule has 1 amide bonds. The van der Waals surface area contributed by atoms with Crippen molar-refractivity contribution in [3.05, 3.63) is 89.8 Å². The van der Waals surface area contributed by atoms with E-state index in [-0.39, 0.29) is 11.7 Å². The highest BCUT2D eigenvalue weighted by Gasteiger charge is 2.28. The molecule has 6 nitrogen and oxygen atoms in total. The summed E-state index contributed by atoms with van der Waals surface area (Å²) in [6, 6.07) is 12.8. The molecular weight excluding hydrogens is 385 g/mol. The predicted octanol–water partition coefficient (Wildman–Crippen LogP) is 3.31. The van der Waals surface area contributed by atoms with E-state index in [1.165, 1.54) is 12.1 Å². The third kappa shape index (κ3) is 4.63. The Morgan fingerprint density at radius 3 is 2.77 bits per heavy atom. The predicted molar refractivity (Wildman–Crippen MR) is 110 cm³/mol. The largest absolute Gasteiger partial charge is 0.464 e. The number of nitrogens with one attached hydrogen (secondary N) is 1. The molecule has 3 aromatic rings. The van der Waals surface area contributed by atoms with Gasteiger partial charge in [-0.25, -0.2) is 14.2 Å². The van der Waals surface area contributed by atoms with Gasteiger partial charge >= 0.3 is 5.97 Å². The number of aromatic nitrogens is 2. The Morgan fingerprint density at radius 2 is 2.07 bits per heavy atom. The normalized spacial score (nSPS) is 16.4. The molecule has 4 rings (SSSR count). The maximum absolute atomic E-state index is 13.4.